The van der Waals surface area contributed by atoms with E-state index >= 15 is 0 Å². The summed E-state index contributed by atoms with van der Waals surface area (Å²) < 4.78 is 0. The number of urea groups is 1. The molecular formula is C10H13ClN4OS. The number of nitrogens with zero attached hydrogens (tertiary/aromatic N) is 1. The molecule has 0 atom stereocenters. The first-order valence-corrected chi connectivity index (χ1v) is 5.59. The second kappa shape index (κ2) is 5.79. The quantitative estimate of drug-likeness (QED) is 0.375. The minimum absolute atomic E-state index is 0.147. The molecule has 17 heavy (non-hydrogen) atoms. The van der Waals surface area contributed by atoms with Crippen molar-refractivity contribution < 1.29 is 4.79 Å². The lowest BCUT2D eigenvalue weighted by atomic mass is 10.2. The van der Waals surface area contributed by atoms with Crippen molar-refractivity contribution in [3.8, 4) is 0 Å². The fraction of sp³-hybridized carbons (Fsp3) is 0.200. The first-order chi connectivity index (χ1) is 7.95. The SMILES string of the molecule is CNC(=O)N(Cc1cc(Cl)ccc1S)C(=N)N. The summed E-state index contributed by atoms with van der Waals surface area (Å²) in [5, 5.41) is 10.3. The van der Waals surface area contributed by atoms with E-state index in [1.165, 1.54) is 7.05 Å². The number of rotatable bonds is 2. The third-order valence-electron chi connectivity index (χ3n) is 2.12. The standard InChI is InChI=1S/C10H13ClN4OS/c1-14-10(16)15(9(12)13)5-6-4-7(11)2-3-8(6)17/h2-4,17H,5H2,1H3,(H3,12,13)(H,14,16). The topological polar surface area (TPSA) is 82.2 Å². The molecule has 5 nitrogen and oxygen atoms in total. The van der Waals surface area contributed by atoms with E-state index in [2.05, 4.69) is 17.9 Å². The zero-order valence-electron chi connectivity index (χ0n) is 9.20. The Hall–Kier alpha value is -1.40. The molecule has 92 valence electrons. The van der Waals surface area contributed by atoms with Gasteiger partial charge in [-0.3, -0.25) is 10.3 Å². The first-order valence-electron chi connectivity index (χ1n) is 4.76. The van der Waals surface area contributed by atoms with Gasteiger partial charge in [0.05, 0.1) is 6.54 Å². The molecule has 4 N–H and O–H groups in total. The Kier molecular flexibility index (Phi) is 4.65. The van der Waals surface area contributed by atoms with Gasteiger partial charge in [0.1, 0.15) is 0 Å². The normalized spacial score (nSPS) is 9.82. The van der Waals surface area contributed by atoms with Crippen LogP contribution in [0.1, 0.15) is 5.56 Å². The molecule has 0 fully saturated rings. The maximum absolute atomic E-state index is 11.5. The Morgan fingerprint density at radius 1 is 1.65 bits per heavy atom. The molecule has 7 heteroatoms. The molecular weight excluding hydrogens is 260 g/mol. The number of amides is 2. The fourth-order valence-corrected chi connectivity index (χ4v) is 1.66. The van der Waals surface area contributed by atoms with Crippen molar-refractivity contribution in [3.05, 3.63) is 28.8 Å². The number of benzene rings is 1. The van der Waals surface area contributed by atoms with Crippen molar-refractivity contribution >= 4 is 36.2 Å². The van der Waals surface area contributed by atoms with E-state index in [0.29, 0.717) is 9.92 Å². The number of hydrogen-bond acceptors (Lipinski definition) is 3. The number of thiol groups is 1. The molecule has 0 radical (unpaired) electrons. The third-order valence-corrected chi connectivity index (χ3v) is 2.79. The lowest BCUT2D eigenvalue weighted by molar-refractivity contribution is 0.220. The maximum atomic E-state index is 11.5. The van der Waals surface area contributed by atoms with Crippen LogP contribution in [0.3, 0.4) is 0 Å². The van der Waals surface area contributed by atoms with Crippen molar-refractivity contribution in [2.24, 2.45) is 5.73 Å². The van der Waals surface area contributed by atoms with Crippen molar-refractivity contribution in [1.82, 2.24) is 10.2 Å². The van der Waals surface area contributed by atoms with Gasteiger partial charge < -0.3 is 11.1 Å². The highest BCUT2D eigenvalue weighted by molar-refractivity contribution is 7.80. The van der Waals surface area contributed by atoms with Gasteiger partial charge in [0.25, 0.3) is 0 Å². The Morgan fingerprint density at radius 2 is 2.29 bits per heavy atom. The molecule has 1 rings (SSSR count). The molecule has 0 saturated heterocycles. The minimum atomic E-state index is -0.454. The van der Waals surface area contributed by atoms with Crippen molar-refractivity contribution in [2.75, 3.05) is 7.05 Å². The van der Waals surface area contributed by atoms with Gasteiger partial charge in [-0.2, -0.15) is 0 Å². The predicted molar refractivity (Wildman–Crippen MR) is 70.6 cm³/mol. The Morgan fingerprint density at radius 3 is 2.82 bits per heavy atom. The summed E-state index contributed by atoms with van der Waals surface area (Å²) in [5.74, 6) is -0.336. The van der Waals surface area contributed by atoms with Crippen LogP contribution in [0, 0.1) is 5.41 Å². The molecule has 0 aromatic heterocycles. The molecule has 0 saturated carbocycles. The number of guanidine groups is 1. The van der Waals surface area contributed by atoms with Crippen LogP contribution >= 0.6 is 24.2 Å². The van der Waals surface area contributed by atoms with Crippen LogP contribution < -0.4 is 11.1 Å². The number of nitrogens with one attached hydrogen (secondary N) is 2. The number of carbonyl (C=O) groups is 1. The molecule has 0 aliphatic heterocycles. The van der Waals surface area contributed by atoms with Crippen LogP contribution in [-0.4, -0.2) is 23.9 Å². The van der Waals surface area contributed by atoms with Gasteiger partial charge in [-0.05, 0) is 23.8 Å². The van der Waals surface area contributed by atoms with E-state index in [1.807, 2.05) is 0 Å². The summed E-state index contributed by atoms with van der Waals surface area (Å²) in [4.78, 5) is 13.3. The lowest BCUT2D eigenvalue weighted by Crippen LogP contribution is -2.45. The number of nitrogens with two attached hydrogens (primary N) is 1. The van der Waals surface area contributed by atoms with Crippen LogP contribution in [0.5, 0.6) is 0 Å². The zero-order valence-corrected chi connectivity index (χ0v) is 10.8. The van der Waals surface area contributed by atoms with Crippen molar-refractivity contribution in [3.63, 3.8) is 0 Å². The molecule has 0 unspecified atom stereocenters. The zero-order chi connectivity index (χ0) is 13.0. The van der Waals surface area contributed by atoms with Crippen LogP contribution in [-0.2, 0) is 6.54 Å². The Labute approximate surface area is 110 Å². The highest BCUT2D eigenvalue weighted by atomic mass is 35.5. The first kappa shape index (κ1) is 13.7. The van der Waals surface area contributed by atoms with E-state index in [-0.39, 0.29) is 12.5 Å². The maximum Gasteiger partial charge on any atom is 0.324 e. The molecule has 0 aliphatic rings. The summed E-state index contributed by atoms with van der Waals surface area (Å²) >= 11 is 10.1. The molecule has 0 aliphatic carbocycles. The van der Waals surface area contributed by atoms with E-state index in [4.69, 9.17) is 22.7 Å². The summed E-state index contributed by atoms with van der Waals surface area (Å²) in [5.41, 5.74) is 6.06. The Balaban J connectivity index is 2.97. The summed E-state index contributed by atoms with van der Waals surface area (Å²) in [7, 11) is 1.47. The van der Waals surface area contributed by atoms with Gasteiger partial charge in [-0.1, -0.05) is 11.6 Å². The van der Waals surface area contributed by atoms with E-state index in [1.54, 1.807) is 18.2 Å². The summed E-state index contributed by atoms with van der Waals surface area (Å²) in [6.45, 7) is 0.147. The third kappa shape index (κ3) is 3.54. The van der Waals surface area contributed by atoms with Crippen LogP contribution in [0.15, 0.2) is 23.1 Å². The van der Waals surface area contributed by atoms with E-state index in [9.17, 15) is 4.79 Å². The largest absolute Gasteiger partial charge is 0.370 e. The van der Waals surface area contributed by atoms with Gasteiger partial charge >= 0.3 is 6.03 Å². The van der Waals surface area contributed by atoms with E-state index < -0.39 is 6.03 Å². The Bertz CT molecular complexity index is 452. The molecule has 0 spiro atoms. The van der Waals surface area contributed by atoms with Crippen molar-refractivity contribution in [1.29, 1.82) is 5.41 Å². The van der Waals surface area contributed by atoms with Gasteiger partial charge in [0, 0.05) is 17.0 Å². The predicted octanol–water partition coefficient (Wildman–Crippen LogP) is 1.66. The van der Waals surface area contributed by atoms with Gasteiger partial charge in [0.15, 0.2) is 5.96 Å². The molecule has 1 aromatic rings. The van der Waals surface area contributed by atoms with Crippen LogP contribution in [0.25, 0.3) is 0 Å². The average Bonchev–Trinajstić information content (AvgIpc) is 2.28. The molecule has 1 aromatic carbocycles. The van der Waals surface area contributed by atoms with Crippen molar-refractivity contribution in [2.45, 2.75) is 11.4 Å². The minimum Gasteiger partial charge on any atom is -0.370 e. The van der Waals surface area contributed by atoms with Gasteiger partial charge in [-0.25, -0.2) is 4.79 Å². The monoisotopic (exact) mass is 272 g/mol. The summed E-state index contributed by atoms with van der Waals surface area (Å²) in [6.07, 6.45) is 0. The fourth-order valence-electron chi connectivity index (χ4n) is 1.25. The highest BCUT2D eigenvalue weighted by Crippen LogP contribution is 2.20. The molecule has 0 bridgehead atoms. The summed E-state index contributed by atoms with van der Waals surface area (Å²) in [6, 6.07) is 4.65. The van der Waals surface area contributed by atoms with Gasteiger partial charge in [0.2, 0.25) is 0 Å². The molecule has 2 amide bonds. The average molecular weight is 273 g/mol. The number of carbonyl (C=O) groups excluding carboxylic acids is 1. The van der Waals surface area contributed by atoms with Gasteiger partial charge in [-0.15, -0.1) is 12.6 Å². The lowest BCUT2D eigenvalue weighted by Gasteiger charge is -2.20. The van der Waals surface area contributed by atoms with E-state index in [0.717, 1.165) is 10.5 Å². The van der Waals surface area contributed by atoms with Crippen LogP contribution in [0.4, 0.5) is 4.79 Å². The molecule has 0 heterocycles. The smallest absolute Gasteiger partial charge is 0.324 e. The highest BCUT2D eigenvalue weighted by Gasteiger charge is 2.16. The number of halogens is 1. The second-order valence-electron chi connectivity index (χ2n) is 3.30. The van der Waals surface area contributed by atoms with Crippen LogP contribution in [0.2, 0.25) is 5.02 Å². The second-order valence-corrected chi connectivity index (χ2v) is 4.22. The number of hydrogen-bond donors (Lipinski definition) is 4.